The quantitative estimate of drug-likeness (QED) is 0.651. The Bertz CT molecular complexity index is 796. The molecule has 6 nitrogen and oxygen atoms in total. The van der Waals surface area contributed by atoms with E-state index < -0.39 is 6.10 Å². The molecule has 6 heteroatoms. The van der Waals surface area contributed by atoms with Gasteiger partial charge in [-0.25, -0.2) is 0 Å². The van der Waals surface area contributed by atoms with Crippen LogP contribution < -0.4 is 10.6 Å². The predicted octanol–water partition coefficient (Wildman–Crippen LogP) is 3.05. The second-order valence-corrected chi connectivity index (χ2v) is 10.5. The minimum Gasteiger partial charge on any atom is -0.392 e. The molecule has 2 amide bonds. The number of carbonyl (C=O) groups excluding carboxylic acids is 2. The Morgan fingerprint density at radius 2 is 2.00 bits per heavy atom. The van der Waals surface area contributed by atoms with Crippen molar-refractivity contribution in [3.63, 3.8) is 0 Å². The molecule has 0 saturated heterocycles. The van der Waals surface area contributed by atoms with Crippen LogP contribution in [0.4, 0.5) is 0 Å². The van der Waals surface area contributed by atoms with E-state index in [1.807, 2.05) is 19.1 Å². The average molecular weight is 428 g/mol. The Balaban J connectivity index is 1.41. The molecule has 4 rings (SSSR count). The molecule has 0 spiro atoms. The van der Waals surface area contributed by atoms with Gasteiger partial charge in [-0.15, -0.1) is 0 Å². The van der Waals surface area contributed by atoms with Gasteiger partial charge in [0.1, 0.15) is 0 Å². The number of aliphatic hydroxyl groups excluding tert-OH is 1. The monoisotopic (exact) mass is 427 g/mol. The van der Waals surface area contributed by atoms with Crippen molar-refractivity contribution in [3.05, 3.63) is 30.1 Å². The summed E-state index contributed by atoms with van der Waals surface area (Å²) >= 11 is 0. The van der Waals surface area contributed by atoms with E-state index >= 15 is 0 Å². The van der Waals surface area contributed by atoms with Gasteiger partial charge in [0.2, 0.25) is 11.8 Å². The number of fused-ring (bicyclic) bond motifs is 1. The van der Waals surface area contributed by atoms with Crippen molar-refractivity contribution in [2.24, 2.45) is 35.0 Å². The smallest absolute Gasteiger partial charge is 0.223 e. The summed E-state index contributed by atoms with van der Waals surface area (Å²) in [6.45, 7) is 6.86. The summed E-state index contributed by atoms with van der Waals surface area (Å²) in [7, 11) is 0. The minimum atomic E-state index is -0.534. The molecule has 7 atom stereocenters. The summed E-state index contributed by atoms with van der Waals surface area (Å²) in [5.41, 5.74) is 1.04. The standard InChI is InChI=1S/C25H37N3O3/c1-15(23(30)27-14-17-5-4-12-26-13-17)19-8-10-25(3)11-9-20(16(2)21(25)22(19)29)28-24(31)18-6-7-18/h4-5,12-13,15-16,18-22,29H,6-11,14H2,1-3H3,(H,27,30)(H,28,31)/t15-,16-,19-,20-,21+,22-,25+/m0/s1. The van der Waals surface area contributed by atoms with Gasteiger partial charge >= 0.3 is 0 Å². The summed E-state index contributed by atoms with van der Waals surface area (Å²) in [5.74, 6) is 0.345. The molecule has 0 radical (unpaired) electrons. The van der Waals surface area contributed by atoms with E-state index in [1.54, 1.807) is 12.4 Å². The normalized spacial score (nSPS) is 36.2. The number of pyridine rings is 1. The van der Waals surface area contributed by atoms with Crippen LogP contribution in [0.15, 0.2) is 24.5 Å². The van der Waals surface area contributed by atoms with Crippen LogP contribution in [-0.4, -0.2) is 34.1 Å². The topological polar surface area (TPSA) is 91.3 Å². The van der Waals surface area contributed by atoms with E-state index in [0.29, 0.717) is 6.54 Å². The maximum atomic E-state index is 12.9. The van der Waals surface area contributed by atoms with Crippen LogP contribution in [0, 0.1) is 35.0 Å². The van der Waals surface area contributed by atoms with Gasteiger partial charge < -0.3 is 15.7 Å². The van der Waals surface area contributed by atoms with Crippen LogP contribution in [0.5, 0.6) is 0 Å². The zero-order valence-electron chi connectivity index (χ0n) is 19.0. The SMILES string of the molecule is C[C@@H]1[C@@H]2[C@@H](O)[C@H]([C@H](C)C(=O)NCc3cccnc3)CC[C@]2(C)CC[C@@H]1NC(=O)C1CC1. The van der Waals surface area contributed by atoms with Crippen molar-refractivity contribution >= 4 is 11.8 Å². The summed E-state index contributed by atoms with van der Waals surface area (Å²) in [6, 6.07) is 3.92. The molecular weight excluding hydrogens is 390 g/mol. The van der Waals surface area contributed by atoms with Gasteiger partial charge in [0.25, 0.3) is 0 Å². The maximum absolute atomic E-state index is 12.9. The fourth-order valence-electron chi connectivity index (χ4n) is 6.19. The summed E-state index contributed by atoms with van der Waals surface area (Å²) < 4.78 is 0. The molecule has 3 fully saturated rings. The molecule has 3 aliphatic carbocycles. The summed E-state index contributed by atoms with van der Waals surface area (Å²) in [5, 5.41) is 17.8. The summed E-state index contributed by atoms with van der Waals surface area (Å²) in [6.07, 6.45) is 8.83. The minimum absolute atomic E-state index is 0.0152. The highest BCUT2D eigenvalue weighted by Crippen LogP contribution is 2.55. The largest absolute Gasteiger partial charge is 0.392 e. The highest BCUT2D eigenvalue weighted by molar-refractivity contribution is 5.81. The summed E-state index contributed by atoms with van der Waals surface area (Å²) in [4.78, 5) is 29.3. The van der Waals surface area contributed by atoms with Gasteiger partial charge in [0.05, 0.1) is 6.10 Å². The lowest BCUT2D eigenvalue weighted by Crippen LogP contribution is -2.58. The fourth-order valence-corrected chi connectivity index (χ4v) is 6.19. The van der Waals surface area contributed by atoms with Crippen LogP contribution >= 0.6 is 0 Å². The lowest BCUT2D eigenvalue weighted by atomic mass is 9.51. The first kappa shape index (κ1) is 22.3. The van der Waals surface area contributed by atoms with Crippen LogP contribution in [0.3, 0.4) is 0 Å². The molecule has 31 heavy (non-hydrogen) atoms. The van der Waals surface area contributed by atoms with Crippen molar-refractivity contribution in [1.82, 2.24) is 15.6 Å². The van der Waals surface area contributed by atoms with Crippen molar-refractivity contribution < 1.29 is 14.7 Å². The predicted molar refractivity (Wildman–Crippen MR) is 119 cm³/mol. The zero-order valence-corrected chi connectivity index (χ0v) is 19.0. The second kappa shape index (κ2) is 8.89. The molecule has 1 aromatic heterocycles. The fraction of sp³-hybridized carbons (Fsp3) is 0.720. The molecule has 1 heterocycles. The molecule has 0 bridgehead atoms. The number of nitrogens with zero attached hydrogens (tertiary/aromatic N) is 1. The van der Waals surface area contributed by atoms with Gasteiger partial charge in [-0.05, 0) is 73.3 Å². The zero-order chi connectivity index (χ0) is 22.2. The number of hydrogen-bond acceptors (Lipinski definition) is 4. The van der Waals surface area contributed by atoms with Crippen LogP contribution in [0.1, 0.15) is 64.9 Å². The third-order valence-corrected chi connectivity index (χ3v) is 8.41. The number of nitrogens with one attached hydrogen (secondary N) is 2. The maximum Gasteiger partial charge on any atom is 0.223 e. The molecule has 3 N–H and O–H groups in total. The van der Waals surface area contributed by atoms with Crippen LogP contribution in [-0.2, 0) is 16.1 Å². The third kappa shape index (κ3) is 4.64. The van der Waals surface area contributed by atoms with E-state index in [-0.39, 0.29) is 52.9 Å². The van der Waals surface area contributed by atoms with Crippen molar-refractivity contribution in [3.8, 4) is 0 Å². The molecule has 0 aromatic carbocycles. The van der Waals surface area contributed by atoms with Crippen molar-refractivity contribution in [2.75, 3.05) is 0 Å². The van der Waals surface area contributed by atoms with Gasteiger partial charge in [0.15, 0.2) is 0 Å². The number of rotatable bonds is 6. The Hall–Kier alpha value is -1.95. The van der Waals surface area contributed by atoms with Crippen molar-refractivity contribution in [1.29, 1.82) is 0 Å². The lowest BCUT2D eigenvalue weighted by Gasteiger charge is -2.56. The Morgan fingerprint density at radius 3 is 2.68 bits per heavy atom. The molecule has 3 aliphatic rings. The first-order valence-corrected chi connectivity index (χ1v) is 12.0. The Kier molecular flexibility index (Phi) is 6.38. The molecule has 170 valence electrons. The molecular formula is C25H37N3O3. The Morgan fingerprint density at radius 1 is 1.26 bits per heavy atom. The second-order valence-electron chi connectivity index (χ2n) is 10.5. The van der Waals surface area contributed by atoms with E-state index in [2.05, 4.69) is 29.5 Å². The lowest BCUT2D eigenvalue weighted by molar-refractivity contribution is -0.144. The van der Waals surface area contributed by atoms with E-state index in [0.717, 1.165) is 44.1 Å². The van der Waals surface area contributed by atoms with Crippen LogP contribution in [0.25, 0.3) is 0 Å². The number of aromatic nitrogens is 1. The van der Waals surface area contributed by atoms with Crippen molar-refractivity contribution in [2.45, 2.75) is 78.0 Å². The number of aliphatic hydroxyl groups is 1. The molecule has 0 unspecified atom stereocenters. The molecule has 0 aliphatic heterocycles. The first-order valence-electron chi connectivity index (χ1n) is 12.0. The number of carbonyl (C=O) groups is 2. The van der Waals surface area contributed by atoms with E-state index in [9.17, 15) is 14.7 Å². The highest BCUT2D eigenvalue weighted by atomic mass is 16.3. The van der Waals surface area contributed by atoms with E-state index in [1.165, 1.54) is 0 Å². The van der Waals surface area contributed by atoms with E-state index in [4.69, 9.17) is 0 Å². The number of amides is 2. The van der Waals surface area contributed by atoms with Gasteiger partial charge in [-0.3, -0.25) is 14.6 Å². The van der Waals surface area contributed by atoms with Gasteiger partial charge in [-0.1, -0.05) is 26.8 Å². The number of hydrogen-bond donors (Lipinski definition) is 3. The highest BCUT2D eigenvalue weighted by Gasteiger charge is 2.54. The first-order chi connectivity index (χ1) is 14.8. The molecule has 1 aromatic rings. The van der Waals surface area contributed by atoms with Gasteiger partial charge in [0, 0.05) is 36.8 Å². The van der Waals surface area contributed by atoms with Gasteiger partial charge in [-0.2, -0.15) is 0 Å². The average Bonchev–Trinajstić information content (AvgIpc) is 3.60. The Labute approximate surface area is 185 Å². The molecule has 3 saturated carbocycles. The third-order valence-electron chi connectivity index (χ3n) is 8.41. The van der Waals surface area contributed by atoms with Crippen LogP contribution in [0.2, 0.25) is 0 Å².